The maximum absolute atomic E-state index is 8.28. The summed E-state index contributed by atoms with van der Waals surface area (Å²) in [5, 5.41) is 0. The SMILES string of the molecule is O=[SiH2].[Ca+2].[H-].[H-].[Sc]. The molecule has 0 aromatic rings. The molecule has 0 aromatic heterocycles. The van der Waals surface area contributed by atoms with Crippen LogP contribution in [-0.4, -0.2) is 47.9 Å². The second kappa shape index (κ2) is 19.2. The molecule has 0 bridgehead atoms. The molecule has 0 fully saturated rings. The Hall–Kier alpha value is 2.15. The Morgan fingerprint density at radius 2 is 1.50 bits per heavy atom. The molecule has 0 aliphatic rings. The average molecular weight is 133 g/mol. The van der Waals surface area contributed by atoms with Crippen LogP contribution in [0.15, 0.2) is 0 Å². The Morgan fingerprint density at radius 1 is 1.50 bits per heavy atom. The summed E-state index contributed by atoms with van der Waals surface area (Å²) in [4.78, 5) is 0. The van der Waals surface area contributed by atoms with Crippen LogP contribution in [-0.2, 0) is 30.3 Å². The van der Waals surface area contributed by atoms with Gasteiger partial charge in [-0.3, -0.25) is 0 Å². The maximum atomic E-state index is 8.28. The molecule has 0 N–H and O–H groups in total. The second-order valence-electron chi connectivity index (χ2n) is 0. The van der Waals surface area contributed by atoms with Gasteiger partial charge in [-0.15, -0.1) is 0 Å². The van der Waals surface area contributed by atoms with Crippen molar-refractivity contribution in [1.82, 2.24) is 0 Å². The minimum Gasteiger partial charge on any atom is -1.00 e. The molecule has 0 aliphatic heterocycles. The van der Waals surface area contributed by atoms with E-state index in [-0.39, 0.29) is 66.4 Å². The third-order valence-corrected chi connectivity index (χ3v) is 0. The molecular weight excluding hydrogens is 129 g/mol. The molecule has 1 nitrogen and oxygen atoms in total. The summed E-state index contributed by atoms with van der Waals surface area (Å²) in [6, 6.07) is 0. The van der Waals surface area contributed by atoms with E-state index in [9.17, 15) is 0 Å². The van der Waals surface area contributed by atoms with Crippen molar-refractivity contribution in [2.45, 2.75) is 0 Å². The summed E-state index contributed by atoms with van der Waals surface area (Å²) < 4.78 is 8.28. The van der Waals surface area contributed by atoms with E-state index in [1.54, 1.807) is 0 Å². The molecule has 0 atom stereocenters. The van der Waals surface area contributed by atoms with Crippen molar-refractivity contribution in [3.05, 3.63) is 0 Å². The van der Waals surface area contributed by atoms with E-state index >= 15 is 0 Å². The zero-order valence-corrected chi connectivity index (χ0v) is 7.83. The van der Waals surface area contributed by atoms with Crippen LogP contribution >= 0.6 is 0 Å². The van der Waals surface area contributed by atoms with Crippen LogP contribution in [0.1, 0.15) is 2.85 Å². The third-order valence-electron chi connectivity index (χ3n) is 0. The molecule has 4 heteroatoms. The van der Waals surface area contributed by atoms with Gasteiger partial charge >= 0.3 is 37.7 Å². The van der Waals surface area contributed by atoms with Gasteiger partial charge in [-0.2, -0.15) is 0 Å². The van der Waals surface area contributed by atoms with Crippen molar-refractivity contribution in [3.63, 3.8) is 0 Å². The molecule has 0 saturated carbocycles. The normalized spacial score (nSPS) is 1.00. The van der Waals surface area contributed by atoms with Gasteiger partial charge in [0.05, 0.1) is 0 Å². The fraction of sp³-hybridized carbons (Fsp3) is 0. The quantitative estimate of drug-likeness (QED) is 0.380. The van der Waals surface area contributed by atoms with Crippen molar-refractivity contribution in [3.8, 4) is 0 Å². The number of hydrogen-bond donors (Lipinski definition) is 0. The van der Waals surface area contributed by atoms with Crippen LogP contribution in [0.2, 0.25) is 0 Å². The molecule has 0 rings (SSSR count). The van der Waals surface area contributed by atoms with Crippen LogP contribution < -0.4 is 0 Å². The number of rotatable bonds is 0. The van der Waals surface area contributed by atoms with Gasteiger partial charge in [0, 0.05) is 25.8 Å². The fourth-order valence-corrected chi connectivity index (χ4v) is 0. The predicted octanol–water partition coefficient (Wildman–Crippen LogP) is -1.19. The zero-order valence-electron chi connectivity index (χ0n) is 4.40. The first-order valence-corrected chi connectivity index (χ1v) is 0.866. The average Bonchev–Trinajstić information content (AvgIpc) is 1.00. The van der Waals surface area contributed by atoms with Crippen LogP contribution in [0.4, 0.5) is 0 Å². The molecule has 0 amide bonds. The Balaban J connectivity index is -0.000000000833. The molecular formula is H4CaOScSi. The van der Waals surface area contributed by atoms with Gasteiger partial charge in [-0.1, -0.05) is 0 Å². The van der Waals surface area contributed by atoms with Gasteiger partial charge in [0.2, 0.25) is 10.1 Å². The molecule has 0 spiro atoms. The Labute approximate surface area is 79.8 Å². The van der Waals surface area contributed by atoms with Crippen LogP contribution in [0.5, 0.6) is 0 Å². The van der Waals surface area contributed by atoms with E-state index in [2.05, 4.69) is 0 Å². The first-order valence-electron chi connectivity index (χ1n) is 0.289. The minimum atomic E-state index is 0. The first-order chi connectivity index (χ1) is 1.00. The van der Waals surface area contributed by atoms with E-state index in [0.29, 0.717) is 10.1 Å². The molecule has 1 radical (unpaired) electrons. The van der Waals surface area contributed by atoms with Gasteiger partial charge in [0.15, 0.2) is 0 Å². The summed E-state index contributed by atoms with van der Waals surface area (Å²) in [6.45, 7) is 0. The van der Waals surface area contributed by atoms with Crippen molar-refractivity contribution >= 4 is 47.9 Å². The van der Waals surface area contributed by atoms with Crippen LogP contribution in [0.3, 0.4) is 0 Å². The third kappa shape index (κ3) is 8.91. The summed E-state index contributed by atoms with van der Waals surface area (Å²) in [5.41, 5.74) is 0. The molecule has 0 heterocycles. The predicted molar refractivity (Wildman–Crippen MR) is 17.2 cm³/mol. The summed E-state index contributed by atoms with van der Waals surface area (Å²) in [7, 11) is 0.611. The number of hydrogen-bond acceptors (Lipinski definition) is 1. The largest absolute Gasteiger partial charge is 2.00 e. The van der Waals surface area contributed by atoms with Crippen molar-refractivity contribution in [2.75, 3.05) is 0 Å². The van der Waals surface area contributed by atoms with Crippen molar-refractivity contribution in [2.24, 2.45) is 0 Å². The Kier molecular flexibility index (Phi) is 78.9. The molecule has 19 valence electrons. The van der Waals surface area contributed by atoms with E-state index in [1.807, 2.05) is 0 Å². The molecule has 4 heavy (non-hydrogen) atoms. The zero-order chi connectivity index (χ0) is 2.00. The molecule has 0 aromatic carbocycles. The van der Waals surface area contributed by atoms with Crippen LogP contribution in [0.25, 0.3) is 0 Å². The molecule has 0 saturated heterocycles. The monoisotopic (exact) mass is 133 g/mol. The standard InChI is InChI=1S/Ca.H2OSi.Sc.2H/c;1-2;;;/h;2H2;;;/q+2;;;2*-1. The van der Waals surface area contributed by atoms with E-state index in [0.717, 1.165) is 0 Å². The van der Waals surface area contributed by atoms with Gasteiger partial charge < -0.3 is 7.32 Å². The summed E-state index contributed by atoms with van der Waals surface area (Å²) >= 11 is 0. The molecule has 0 unspecified atom stereocenters. The van der Waals surface area contributed by atoms with E-state index in [4.69, 9.17) is 4.46 Å². The van der Waals surface area contributed by atoms with Gasteiger partial charge in [0.1, 0.15) is 0 Å². The van der Waals surface area contributed by atoms with E-state index < -0.39 is 0 Å². The maximum Gasteiger partial charge on any atom is 2.00 e. The van der Waals surface area contributed by atoms with Gasteiger partial charge in [-0.25, -0.2) is 0 Å². The smallest absolute Gasteiger partial charge is 1.00 e. The summed E-state index contributed by atoms with van der Waals surface area (Å²) in [5.74, 6) is 0. The Morgan fingerprint density at radius 3 is 1.50 bits per heavy atom. The first kappa shape index (κ1) is 16.4. The van der Waals surface area contributed by atoms with Crippen molar-refractivity contribution < 1.29 is 33.2 Å². The van der Waals surface area contributed by atoms with Crippen LogP contribution in [0, 0.1) is 0 Å². The fourth-order valence-electron chi connectivity index (χ4n) is 0. The minimum absolute atomic E-state index is 0. The van der Waals surface area contributed by atoms with Gasteiger partial charge in [-0.05, 0) is 0 Å². The van der Waals surface area contributed by atoms with Crippen molar-refractivity contribution in [1.29, 1.82) is 0 Å². The topological polar surface area (TPSA) is 17.1 Å². The summed E-state index contributed by atoms with van der Waals surface area (Å²) in [6.07, 6.45) is 0. The van der Waals surface area contributed by atoms with E-state index in [1.165, 1.54) is 0 Å². The second-order valence-corrected chi connectivity index (χ2v) is 0. The molecule has 0 aliphatic carbocycles. The Bertz CT molecular complexity index is 13.5. The van der Waals surface area contributed by atoms with Gasteiger partial charge in [0.25, 0.3) is 0 Å².